The van der Waals surface area contributed by atoms with Crippen LogP contribution in [0.25, 0.3) is 0 Å². The molecule has 82 valence electrons. The minimum absolute atomic E-state index is 0.369. The standard InChI is InChI=1S/C12H18N2O/c1-11(10-13-15)8-9-14(2)12-6-4-3-5-7-12/h3-7,11H,8-10H2,1-2H3. The van der Waals surface area contributed by atoms with Crippen molar-refractivity contribution >= 4 is 5.69 Å². The van der Waals surface area contributed by atoms with Crippen LogP contribution in [-0.2, 0) is 0 Å². The van der Waals surface area contributed by atoms with E-state index in [0.29, 0.717) is 12.5 Å². The van der Waals surface area contributed by atoms with Crippen LogP contribution < -0.4 is 4.90 Å². The highest BCUT2D eigenvalue weighted by Gasteiger charge is 2.04. The molecule has 0 aliphatic heterocycles. The normalized spacial score (nSPS) is 12.1. The van der Waals surface area contributed by atoms with Gasteiger partial charge in [-0.15, -0.1) is 0 Å². The van der Waals surface area contributed by atoms with Crippen LogP contribution in [0.5, 0.6) is 0 Å². The molecule has 1 unspecified atom stereocenters. The first-order valence-corrected chi connectivity index (χ1v) is 5.29. The summed E-state index contributed by atoms with van der Waals surface area (Å²) in [6.07, 6.45) is 0.997. The Hall–Kier alpha value is -1.38. The zero-order valence-electron chi connectivity index (χ0n) is 9.39. The third kappa shape index (κ3) is 4.11. The van der Waals surface area contributed by atoms with Gasteiger partial charge >= 0.3 is 0 Å². The maximum Gasteiger partial charge on any atom is 0.0837 e. The van der Waals surface area contributed by atoms with Crippen LogP contribution in [0.2, 0.25) is 0 Å². The molecule has 1 aromatic rings. The molecule has 15 heavy (non-hydrogen) atoms. The van der Waals surface area contributed by atoms with E-state index in [-0.39, 0.29) is 0 Å². The van der Waals surface area contributed by atoms with Crippen molar-refractivity contribution in [2.75, 3.05) is 25.0 Å². The lowest BCUT2D eigenvalue weighted by Crippen LogP contribution is -2.20. The monoisotopic (exact) mass is 206 g/mol. The Morgan fingerprint density at radius 3 is 2.60 bits per heavy atom. The number of nitrogens with zero attached hydrogens (tertiary/aromatic N) is 2. The molecule has 0 heterocycles. The van der Waals surface area contributed by atoms with Crippen molar-refractivity contribution in [1.82, 2.24) is 0 Å². The summed E-state index contributed by atoms with van der Waals surface area (Å²) in [5.74, 6) is 0.369. The smallest absolute Gasteiger partial charge is 0.0837 e. The summed E-state index contributed by atoms with van der Waals surface area (Å²) in [5.41, 5.74) is 1.21. The van der Waals surface area contributed by atoms with Crippen LogP contribution in [0.1, 0.15) is 13.3 Å². The maximum atomic E-state index is 10.1. The lowest BCUT2D eigenvalue weighted by atomic mass is 10.1. The number of nitroso groups, excluding NO2 is 1. The van der Waals surface area contributed by atoms with E-state index in [0.717, 1.165) is 13.0 Å². The van der Waals surface area contributed by atoms with E-state index in [4.69, 9.17) is 0 Å². The fourth-order valence-electron chi connectivity index (χ4n) is 1.44. The van der Waals surface area contributed by atoms with Gasteiger partial charge < -0.3 is 4.90 Å². The minimum Gasteiger partial charge on any atom is -0.375 e. The molecule has 1 rings (SSSR count). The molecule has 0 saturated carbocycles. The molecular formula is C12H18N2O. The van der Waals surface area contributed by atoms with Gasteiger partial charge in [0.15, 0.2) is 0 Å². The first kappa shape index (κ1) is 11.7. The quantitative estimate of drug-likeness (QED) is 0.670. The van der Waals surface area contributed by atoms with Gasteiger partial charge in [0.25, 0.3) is 0 Å². The van der Waals surface area contributed by atoms with Gasteiger partial charge in [-0.2, -0.15) is 4.91 Å². The molecule has 0 spiro atoms. The van der Waals surface area contributed by atoms with Gasteiger partial charge in [0.1, 0.15) is 0 Å². The second-order valence-electron chi connectivity index (χ2n) is 3.96. The van der Waals surface area contributed by atoms with Crippen molar-refractivity contribution in [2.24, 2.45) is 11.1 Å². The van der Waals surface area contributed by atoms with E-state index in [2.05, 4.69) is 36.2 Å². The van der Waals surface area contributed by atoms with E-state index in [9.17, 15) is 4.91 Å². The van der Waals surface area contributed by atoms with Crippen LogP contribution in [0.3, 0.4) is 0 Å². The number of para-hydroxylation sites is 1. The van der Waals surface area contributed by atoms with Gasteiger partial charge in [0.2, 0.25) is 0 Å². The van der Waals surface area contributed by atoms with Gasteiger partial charge in [-0.1, -0.05) is 30.3 Å². The summed E-state index contributed by atoms with van der Waals surface area (Å²) in [6, 6.07) is 10.2. The highest BCUT2D eigenvalue weighted by atomic mass is 16.3. The third-order valence-corrected chi connectivity index (χ3v) is 2.54. The molecule has 3 nitrogen and oxygen atoms in total. The number of hydrogen-bond acceptors (Lipinski definition) is 3. The molecule has 1 aromatic carbocycles. The fourth-order valence-corrected chi connectivity index (χ4v) is 1.44. The highest BCUT2D eigenvalue weighted by molar-refractivity contribution is 5.44. The lowest BCUT2D eigenvalue weighted by Gasteiger charge is -2.20. The van der Waals surface area contributed by atoms with Crippen LogP contribution in [0.4, 0.5) is 5.69 Å². The van der Waals surface area contributed by atoms with Crippen LogP contribution in [0.15, 0.2) is 35.5 Å². The molecule has 0 N–H and O–H groups in total. The summed E-state index contributed by atoms with van der Waals surface area (Å²) >= 11 is 0. The zero-order valence-corrected chi connectivity index (χ0v) is 9.39. The van der Waals surface area contributed by atoms with Gasteiger partial charge in [-0.05, 0) is 24.5 Å². The highest BCUT2D eigenvalue weighted by Crippen LogP contribution is 2.13. The maximum absolute atomic E-state index is 10.1. The Labute approximate surface area is 91.1 Å². The Morgan fingerprint density at radius 2 is 2.00 bits per heavy atom. The van der Waals surface area contributed by atoms with Crippen LogP contribution in [-0.4, -0.2) is 20.1 Å². The van der Waals surface area contributed by atoms with Crippen molar-refractivity contribution in [1.29, 1.82) is 0 Å². The number of anilines is 1. The third-order valence-electron chi connectivity index (χ3n) is 2.54. The Bertz CT molecular complexity index is 287. The Morgan fingerprint density at radius 1 is 1.33 bits per heavy atom. The molecule has 0 aliphatic carbocycles. The molecule has 1 atom stereocenters. The summed E-state index contributed by atoms with van der Waals surface area (Å²) < 4.78 is 0. The van der Waals surface area contributed by atoms with E-state index in [1.807, 2.05) is 18.2 Å². The van der Waals surface area contributed by atoms with E-state index >= 15 is 0 Å². The molecule has 0 amide bonds. The second-order valence-corrected chi connectivity index (χ2v) is 3.96. The van der Waals surface area contributed by atoms with Gasteiger partial charge in [0, 0.05) is 19.3 Å². The average Bonchev–Trinajstić information content (AvgIpc) is 2.27. The lowest BCUT2D eigenvalue weighted by molar-refractivity contribution is 0.544. The van der Waals surface area contributed by atoms with Crippen molar-refractivity contribution < 1.29 is 0 Å². The van der Waals surface area contributed by atoms with E-state index in [1.165, 1.54) is 5.69 Å². The zero-order chi connectivity index (χ0) is 11.1. The second kappa shape index (κ2) is 6.17. The van der Waals surface area contributed by atoms with Crippen LogP contribution in [0, 0.1) is 10.8 Å². The van der Waals surface area contributed by atoms with E-state index in [1.54, 1.807) is 0 Å². The minimum atomic E-state index is 0.369. The molecule has 3 heteroatoms. The summed E-state index contributed by atoms with van der Waals surface area (Å²) in [4.78, 5) is 12.3. The van der Waals surface area contributed by atoms with Crippen LogP contribution >= 0.6 is 0 Å². The molecule has 0 saturated heterocycles. The number of benzene rings is 1. The van der Waals surface area contributed by atoms with Gasteiger partial charge in [0.05, 0.1) is 6.54 Å². The SMILES string of the molecule is CC(CCN(C)c1ccccc1)CN=O. The molecule has 0 radical (unpaired) electrons. The molecule has 0 bridgehead atoms. The topological polar surface area (TPSA) is 32.7 Å². The fraction of sp³-hybridized carbons (Fsp3) is 0.500. The molecule has 0 aliphatic rings. The van der Waals surface area contributed by atoms with Crippen molar-refractivity contribution in [3.63, 3.8) is 0 Å². The summed E-state index contributed by atoms with van der Waals surface area (Å²) in [5, 5.41) is 2.92. The van der Waals surface area contributed by atoms with Gasteiger partial charge in [-0.25, -0.2) is 0 Å². The Kier molecular flexibility index (Phi) is 4.81. The van der Waals surface area contributed by atoms with Gasteiger partial charge in [-0.3, -0.25) is 0 Å². The van der Waals surface area contributed by atoms with Crippen molar-refractivity contribution in [2.45, 2.75) is 13.3 Å². The predicted molar refractivity (Wildman–Crippen MR) is 64.2 cm³/mol. The first-order valence-electron chi connectivity index (χ1n) is 5.29. The Balaban J connectivity index is 2.36. The summed E-state index contributed by atoms with van der Waals surface area (Å²) in [7, 11) is 2.07. The molecule has 0 aromatic heterocycles. The molecular weight excluding hydrogens is 188 g/mol. The predicted octanol–water partition coefficient (Wildman–Crippen LogP) is 2.92. The van der Waals surface area contributed by atoms with E-state index < -0.39 is 0 Å². The largest absolute Gasteiger partial charge is 0.375 e. The number of rotatable bonds is 6. The molecule has 0 fully saturated rings. The number of hydrogen-bond donors (Lipinski definition) is 0. The average molecular weight is 206 g/mol. The van der Waals surface area contributed by atoms with Crippen molar-refractivity contribution in [3.8, 4) is 0 Å². The first-order chi connectivity index (χ1) is 7.24. The summed E-state index contributed by atoms with van der Waals surface area (Å²) in [6.45, 7) is 3.43. The van der Waals surface area contributed by atoms with Crippen molar-refractivity contribution in [3.05, 3.63) is 35.2 Å².